The molecular weight excluding hydrogens is 354 g/mol. The normalized spacial score (nSPS) is 14.0. The molecule has 0 unspecified atom stereocenters. The van der Waals surface area contributed by atoms with Crippen LogP contribution in [0.4, 0.5) is 5.69 Å². The number of benzene rings is 2. The van der Waals surface area contributed by atoms with Crippen molar-refractivity contribution in [1.29, 1.82) is 0 Å². The predicted octanol–water partition coefficient (Wildman–Crippen LogP) is 3.44. The van der Waals surface area contributed by atoms with Crippen molar-refractivity contribution in [2.75, 3.05) is 4.72 Å². The van der Waals surface area contributed by atoms with E-state index >= 15 is 0 Å². The Bertz CT molecular complexity index is 803. The Morgan fingerprint density at radius 1 is 1.05 bits per heavy atom. The van der Waals surface area contributed by atoms with Crippen LogP contribution in [0.1, 0.15) is 17.5 Å². The van der Waals surface area contributed by atoms with Crippen molar-refractivity contribution in [3.05, 3.63) is 52.0 Å². The zero-order valence-electron chi connectivity index (χ0n) is 11.1. The largest absolute Gasteiger partial charge is 0.506 e. The number of rotatable bonds is 3. The number of hydrogen-bond donors (Lipinski definition) is 2. The van der Waals surface area contributed by atoms with Crippen LogP contribution >= 0.6 is 15.9 Å². The maximum Gasteiger partial charge on any atom is 0.262 e. The third-order valence-corrected chi connectivity index (χ3v) is 5.44. The van der Waals surface area contributed by atoms with Gasteiger partial charge in [-0.1, -0.05) is 22.0 Å². The van der Waals surface area contributed by atoms with Gasteiger partial charge in [-0.15, -0.1) is 0 Å². The first-order valence-corrected chi connectivity index (χ1v) is 8.86. The zero-order valence-corrected chi connectivity index (χ0v) is 13.5. The van der Waals surface area contributed by atoms with Crippen LogP contribution in [0, 0.1) is 0 Å². The lowest BCUT2D eigenvalue weighted by Crippen LogP contribution is -2.13. The van der Waals surface area contributed by atoms with Gasteiger partial charge in [0.05, 0.1) is 10.6 Å². The van der Waals surface area contributed by atoms with Crippen LogP contribution in [-0.2, 0) is 22.9 Å². The first kappa shape index (κ1) is 14.4. The van der Waals surface area contributed by atoms with Gasteiger partial charge < -0.3 is 5.11 Å². The molecule has 0 radical (unpaired) electrons. The molecule has 2 N–H and O–H groups in total. The van der Waals surface area contributed by atoms with Gasteiger partial charge in [0.15, 0.2) is 0 Å². The quantitative estimate of drug-likeness (QED) is 0.816. The summed E-state index contributed by atoms with van der Waals surface area (Å²) in [4.78, 5) is 0.227. The highest BCUT2D eigenvalue weighted by molar-refractivity contribution is 9.10. The maximum atomic E-state index is 12.4. The fourth-order valence-corrected chi connectivity index (χ4v) is 3.98. The highest BCUT2D eigenvalue weighted by atomic mass is 79.9. The van der Waals surface area contributed by atoms with Crippen molar-refractivity contribution in [3.8, 4) is 5.75 Å². The van der Waals surface area contributed by atoms with Gasteiger partial charge >= 0.3 is 0 Å². The number of halogens is 1. The monoisotopic (exact) mass is 367 g/mol. The van der Waals surface area contributed by atoms with E-state index in [-0.39, 0.29) is 16.3 Å². The molecule has 1 aliphatic rings. The average molecular weight is 368 g/mol. The molecular formula is C15H14BrNO3S. The van der Waals surface area contributed by atoms with Gasteiger partial charge in [-0.3, -0.25) is 4.72 Å². The topological polar surface area (TPSA) is 66.4 Å². The molecule has 110 valence electrons. The van der Waals surface area contributed by atoms with E-state index in [1.165, 1.54) is 17.7 Å². The van der Waals surface area contributed by atoms with Crippen LogP contribution in [0.15, 0.2) is 45.8 Å². The SMILES string of the molecule is O=S(=O)(Nc1ccc(Br)cc1O)c1ccc2c(c1)CCC2. The molecule has 3 rings (SSSR count). The molecule has 2 aromatic carbocycles. The fraction of sp³-hybridized carbons (Fsp3) is 0.200. The van der Waals surface area contributed by atoms with Gasteiger partial charge in [0.2, 0.25) is 0 Å². The number of anilines is 1. The summed E-state index contributed by atoms with van der Waals surface area (Å²) in [6, 6.07) is 9.84. The standard InChI is InChI=1S/C15H14BrNO3S/c16-12-5-7-14(15(18)9-12)17-21(19,20)13-6-4-10-2-1-3-11(10)8-13/h4-9,17-18H,1-3H2. The molecule has 0 spiro atoms. The Kier molecular flexibility index (Phi) is 3.67. The molecule has 0 aromatic heterocycles. The Morgan fingerprint density at radius 2 is 1.81 bits per heavy atom. The number of phenolic OH excluding ortho intramolecular Hbond substituents is 1. The van der Waals surface area contributed by atoms with E-state index in [0.29, 0.717) is 4.47 Å². The molecule has 1 aliphatic carbocycles. The molecule has 0 bridgehead atoms. The second-order valence-corrected chi connectivity index (χ2v) is 7.65. The summed E-state index contributed by atoms with van der Waals surface area (Å²) in [6.07, 6.45) is 3.00. The van der Waals surface area contributed by atoms with Gasteiger partial charge in [0.1, 0.15) is 5.75 Å². The minimum Gasteiger partial charge on any atom is -0.506 e. The fourth-order valence-electron chi connectivity index (χ4n) is 2.51. The second-order valence-electron chi connectivity index (χ2n) is 5.05. The molecule has 21 heavy (non-hydrogen) atoms. The Labute approximate surface area is 132 Å². The predicted molar refractivity (Wildman–Crippen MR) is 85.1 cm³/mol. The van der Waals surface area contributed by atoms with Crippen LogP contribution in [0.2, 0.25) is 0 Å². The van der Waals surface area contributed by atoms with Crippen molar-refractivity contribution in [2.24, 2.45) is 0 Å². The minimum atomic E-state index is -3.70. The summed E-state index contributed by atoms with van der Waals surface area (Å²) in [6.45, 7) is 0. The number of hydrogen-bond acceptors (Lipinski definition) is 3. The molecule has 0 saturated heterocycles. The number of nitrogens with one attached hydrogen (secondary N) is 1. The lowest BCUT2D eigenvalue weighted by molar-refractivity contribution is 0.477. The highest BCUT2D eigenvalue weighted by Crippen LogP contribution is 2.30. The minimum absolute atomic E-state index is 0.117. The summed E-state index contributed by atoms with van der Waals surface area (Å²) in [5, 5.41) is 9.80. The van der Waals surface area contributed by atoms with E-state index in [1.54, 1.807) is 18.2 Å². The number of aromatic hydroxyl groups is 1. The molecule has 0 fully saturated rings. The van der Waals surface area contributed by atoms with Crippen LogP contribution in [-0.4, -0.2) is 13.5 Å². The first-order chi connectivity index (χ1) is 9.95. The van der Waals surface area contributed by atoms with Crippen molar-refractivity contribution in [2.45, 2.75) is 24.2 Å². The van der Waals surface area contributed by atoms with Crippen molar-refractivity contribution < 1.29 is 13.5 Å². The molecule has 0 saturated carbocycles. The van der Waals surface area contributed by atoms with Gasteiger partial charge in [0.25, 0.3) is 10.0 Å². The molecule has 2 aromatic rings. The van der Waals surface area contributed by atoms with Crippen LogP contribution in [0.5, 0.6) is 5.75 Å². The lowest BCUT2D eigenvalue weighted by atomic mass is 10.1. The molecule has 0 aliphatic heterocycles. The molecule has 0 atom stereocenters. The maximum absolute atomic E-state index is 12.4. The van der Waals surface area contributed by atoms with Gasteiger partial charge in [-0.05, 0) is 60.7 Å². The highest BCUT2D eigenvalue weighted by Gasteiger charge is 2.19. The number of aryl methyl sites for hydroxylation is 2. The van der Waals surface area contributed by atoms with Crippen molar-refractivity contribution in [1.82, 2.24) is 0 Å². The summed E-state index contributed by atoms with van der Waals surface area (Å²) in [5.41, 5.74) is 2.48. The van der Waals surface area contributed by atoms with E-state index in [4.69, 9.17) is 0 Å². The Hall–Kier alpha value is -1.53. The van der Waals surface area contributed by atoms with E-state index in [9.17, 15) is 13.5 Å². The van der Waals surface area contributed by atoms with Crippen molar-refractivity contribution >= 4 is 31.6 Å². The second kappa shape index (κ2) is 5.35. The van der Waals surface area contributed by atoms with E-state index < -0.39 is 10.0 Å². The smallest absolute Gasteiger partial charge is 0.262 e. The Balaban J connectivity index is 1.93. The molecule has 0 amide bonds. The van der Waals surface area contributed by atoms with Crippen LogP contribution < -0.4 is 4.72 Å². The van der Waals surface area contributed by atoms with E-state index in [0.717, 1.165) is 24.8 Å². The number of fused-ring (bicyclic) bond motifs is 1. The van der Waals surface area contributed by atoms with Gasteiger partial charge in [-0.2, -0.15) is 0 Å². The first-order valence-electron chi connectivity index (χ1n) is 6.59. The summed E-state index contributed by atoms with van der Waals surface area (Å²) < 4.78 is 27.9. The van der Waals surface area contributed by atoms with E-state index in [2.05, 4.69) is 20.7 Å². The molecule has 6 heteroatoms. The van der Waals surface area contributed by atoms with E-state index in [1.807, 2.05) is 6.07 Å². The van der Waals surface area contributed by atoms with Crippen LogP contribution in [0.25, 0.3) is 0 Å². The molecule has 4 nitrogen and oxygen atoms in total. The van der Waals surface area contributed by atoms with Gasteiger partial charge in [-0.25, -0.2) is 8.42 Å². The van der Waals surface area contributed by atoms with Crippen molar-refractivity contribution in [3.63, 3.8) is 0 Å². The molecule has 0 heterocycles. The number of sulfonamides is 1. The third kappa shape index (κ3) is 2.91. The summed E-state index contributed by atoms with van der Waals surface area (Å²) in [7, 11) is -3.70. The Morgan fingerprint density at radius 3 is 2.57 bits per heavy atom. The van der Waals surface area contributed by atoms with Crippen LogP contribution in [0.3, 0.4) is 0 Å². The summed E-state index contributed by atoms with van der Waals surface area (Å²) >= 11 is 3.22. The van der Waals surface area contributed by atoms with Gasteiger partial charge in [0, 0.05) is 4.47 Å². The zero-order chi connectivity index (χ0) is 15.0. The number of phenols is 1. The average Bonchev–Trinajstić information content (AvgIpc) is 2.89. The third-order valence-electron chi connectivity index (χ3n) is 3.58. The lowest BCUT2D eigenvalue weighted by Gasteiger charge is -2.11. The summed E-state index contributed by atoms with van der Waals surface area (Å²) in [5.74, 6) is -0.117.